The molecule has 0 fully saturated rings. The normalized spacial score (nSPS) is 17.3. The summed E-state index contributed by atoms with van der Waals surface area (Å²) in [4.78, 5) is 72.6. The monoisotopic (exact) mass is 1010 g/mol. The molecule has 0 aliphatic heterocycles. The highest BCUT2D eigenvalue weighted by molar-refractivity contribution is 6.97. The van der Waals surface area contributed by atoms with Crippen molar-refractivity contribution in [2.75, 3.05) is 20.8 Å². The molecule has 0 saturated carbocycles. The Hall–Kier alpha value is -2.73. The summed E-state index contributed by atoms with van der Waals surface area (Å²) in [6, 6.07) is 33.5. The van der Waals surface area contributed by atoms with Crippen LogP contribution in [0.25, 0.3) is 0 Å². The third kappa shape index (κ3) is 15.1. The van der Waals surface area contributed by atoms with E-state index in [1.807, 2.05) is 0 Å². The number of rotatable bonds is 25. The van der Waals surface area contributed by atoms with Gasteiger partial charge >= 0.3 is 75.7 Å². The van der Waals surface area contributed by atoms with Crippen LogP contribution in [0.15, 0.2) is 133 Å². The Morgan fingerprint density at radius 3 is 1.27 bits per heavy atom. The van der Waals surface area contributed by atoms with E-state index in [2.05, 4.69) is 6.58 Å². The molecular formula is C39H60O16Si8. The molecule has 0 aliphatic rings. The highest BCUT2D eigenvalue weighted by atomic mass is 28.5. The lowest BCUT2D eigenvalue weighted by Gasteiger charge is -2.44. The lowest BCUT2D eigenvalue weighted by atomic mass is 10.4. The van der Waals surface area contributed by atoms with Crippen LogP contribution >= 0.6 is 0 Å². The Morgan fingerprint density at radius 1 is 0.508 bits per heavy atom. The summed E-state index contributed by atoms with van der Waals surface area (Å²) in [7, 11) is -31.6. The van der Waals surface area contributed by atoms with Gasteiger partial charge in [0.05, 0.1) is 6.61 Å². The Kier molecular flexibility index (Phi) is 18.2. The minimum absolute atomic E-state index is 0.0977. The number of hydrogen-bond donors (Lipinski definition) is 5. The summed E-state index contributed by atoms with van der Waals surface area (Å²) >= 11 is 0. The van der Waals surface area contributed by atoms with Crippen molar-refractivity contribution >= 4 is 96.4 Å². The molecule has 24 heteroatoms. The number of benzene rings is 4. The van der Waals surface area contributed by atoms with Gasteiger partial charge in [-0.2, -0.15) is 0 Å². The molecule has 0 heterocycles. The number of hydrogen-bond acceptors (Lipinski definition) is 16. The van der Waals surface area contributed by atoms with Crippen molar-refractivity contribution in [1.82, 2.24) is 0 Å². The molecule has 4 rings (SSSR count). The highest BCUT2D eigenvalue weighted by Gasteiger charge is 2.63. The van der Waals surface area contributed by atoms with E-state index in [1.54, 1.807) is 148 Å². The van der Waals surface area contributed by atoms with Gasteiger partial charge < -0.3 is 66.4 Å². The summed E-state index contributed by atoms with van der Waals surface area (Å²) < 4.78 is 63.2. The first-order chi connectivity index (χ1) is 29.3. The van der Waals surface area contributed by atoms with Crippen molar-refractivity contribution < 1.29 is 71.2 Å². The predicted octanol–water partition coefficient (Wildman–Crippen LogP) is 2.30. The van der Waals surface area contributed by atoms with Gasteiger partial charge in [0.25, 0.3) is 0 Å². The molecule has 0 saturated heterocycles. The van der Waals surface area contributed by atoms with E-state index in [1.165, 1.54) is 34.2 Å². The van der Waals surface area contributed by atoms with Crippen LogP contribution in [0.1, 0.15) is 13.3 Å². The molecule has 4 aromatic carbocycles. The van der Waals surface area contributed by atoms with Gasteiger partial charge in [0, 0.05) is 46.6 Å². The minimum Gasteiger partial charge on any atom is -0.462 e. The molecule has 4 aromatic rings. The van der Waals surface area contributed by atoms with E-state index in [-0.39, 0.29) is 40.2 Å². The second-order valence-electron chi connectivity index (χ2n) is 15.9. The van der Waals surface area contributed by atoms with Gasteiger partial charge in [-0.1, -0.05) is 128 Å². The summed E-state index contributed by atoms with van der Waals surface area (Å²) in [6.45, 7) is 14.5. The molecule has 16 nitrogen and oxygen atoms in total. The fraction of sp³-hybridized carbons (Fsp3) is 0.308. The smallest absolute Gasteiger partial charge is 0.462 e. The Balaban J connectivity index is 1.85. The maximum Gasteiger partial charge on any atom is 0.527 e. The summed E-state index contributed by atoms with van der Waals surface area (Å²) in [5.74, 6) is -0.602. The van der Waals surface area contributed by atoms with Crippen molar-refractivity contribution in [3.05, 3.63) is 133 Å². The van der Waals surface area contributed by atoms with Crippen LogP contribution < -0.4 is 20.7 Å². The molecule has 5 atom stereocenters. The molecule has 0 amide bonds. The molecule has 0 bridgehead atoms. The highest BCUT2D eigenvalue weighted by Crippen LogP contribution is 2.30. The quantitative estimate of drug-likeness (QED) is 0.0279. The minimum atomic E-state index is -4.82. The van der Waals surface area contributed by atoms with E-state index in [4.69, 9.17) is 42.4 Å². The van der Waals surface area contributed by atoms with Gasteiger partial charge in [-0.15, -0.1) is 0 Å². The van der Waals surface area contributed by atoms with Crippen molar-refractivity contribution in [2.24, 2.45) is 0 Å². The van der Waals surface area contributed by atoms with Crippen LogP contribution in [0.4, 0.5) is 0 Å². The second kappa shape index (κ2) is 21.7. The third-order valence-corrected chi connectivity index (χ3v) is 35.1. The molecular weight excluding hydrogens is 949 g/mol. The van der Waals surface area contributed by atoms with Gasteiger partial charge in [-0.05, 0) is 52.6 Å². The molecule has 0 radical (unpaired) electrons. The molecule has 0 aliphatic carbocycles. The summed E-state index contributed by atoms with van der Waals surface area (Å²) in [5.41, 5.74) is 0.207. The predicted molar refractivity (Wildman–Crippen MR) is 253 cm³/mol. The molecule has 0 spiro atoms. The van der Waals surface area contributed by atoms with E-state index in [0.717, 1.165) is 0 Å². The Morgan fingerprint density at radius 2 is 0.889 bits per heavy atom. The number of carbonyl (C=O) groups excluding carboxylic acids is 1. The zero-order chi connectivity index (χ0) is 46.8. The zero-order valence-corrected chi connectivity index (χ0v) is 45.1. The van der Waals surface area contributed by atoms with Crippen molar-refractivity contribution in [1.29, 1.82) is 0 Å². The van der Waals surface area contributed by atoms with Gasteiger partial charge in [0.15, 0.2) is 0 Å². The summed E-state index contributed by atoms with van der Waals surface area (Å²) in [5, 5.41) is 1.14. The van der Waals surface area contributed by atoms with Crippen LogP contribution in [0.5, 0.6) is 0 Å². The molecule has 5 N–H and O–H groups in total. The topological polar surface area (TPSA) is 211 Å². The average molecular weight is 1010 g/mol. The van der Waals surface area contributed by atoms with Crippen molar-refractivity contribution in [3.63, 3.8) is 0 Å². The van der Waals surface area contributed by atoms with Crippen molar-refractivity contribution in [3.8, 4) is 0 Å². The molecule has 5 unspecified atom stereocenters. The Labute approximate surface area is 378 Å². The Bertz CT molecular complexity index is 2080. The average Bonchev–Trinajstić information content (AvgIpc) is 3.22. The first-order valence-electron chi connectivity index (χ1n) is 20.0. The fourth-order valence-corrected chi connectivity index (χ4v) is 34.7. The standard InChI is InChI=1S/C39H60O16Si8/c1-34(2)39(40)48-32-23-33-59(42,46-3)54-63(38-30-21-14-22-31-38,55-60(43,47-4)35-24-15-11-16-25-35)53-58(9,10)52-62(45,37-28-19-13-20-29-37)51-57(7,8)50-61(44,49-56(5,6)41)36-26-17-12-18-27-36/h11-22,24-31,41-45H,1,23,32-33H2,2-10H3. The van der Waals surface area contributed by atoms with Crippen LogP contribution in [-0.2, 0) is 47.2 Å². The van der Waals surface area contributed by atoms with Crippen LogP contribution in [0.2, 0.25) is 45.3 Å². The number of ether oxygens (including phenoxy) is 1. The van der Waals surface area contributed by atoms with E-state index < -0.39 is 75.7 Å². The molecule has 0 aromatic heterocycles. The van der Waals surface area contributed by atoms with E-state index in [0.29, 0.717) is 5.19 Å². The van der Waals surface area contributed by atoms with Crippen LogP contribution in [0, 0.1) is 0 Å². The van der Waals surface area contributed by atoms with Gasteiger partial charge in [0.1, 0.15) is 0 Å². The third-order valence-electron chi connectivity index (χ3n) is 8.84. The summed E-state index contributed by atoms with van der Waals surface area (Å²) in [6.07, 6.45) is 0.101. The number of carbonyl (C=O) groups is 1. The van der Waals surface area contributed by atoms with Gasteiger partial charge in [-0.25, -0.2) is 4.79 Å². The maximum absolute atomic E-state index is 12.9. The van der Waals surface area contributed by atoms with Crippen LogP contribution in [-0.4, -0.2) is 120 Å². The second-order valence-corrected chi connectivity index (χ2v) is 39.7. The maximum atomic E-state index is 12.9. The first-order valence-corrected chi connectivity index (χ1v) is 37.5. The van der Waals surface area contributed by atoms with Gasteiger partial charge in [0.2, 0.25) is 0 Å². The lowest BCUT2D eigenvalue weighted by Crippen LogP contribution is -2.75. The molecule has 63 heavy (non-hydrogen) atoms. The van der Waals surface area contributed by atoms with Crippen molar-refractivity contribution in [2.45, 2.75) is 58.7 Å². The largest absolute Gasteiger partial charge is 0.527 e. The van der Waals surface area contributed by atoms with Gasteiger partial charge in [-0.3, -0.25) is 0 Å². The first kappa shape index (κ1) is 52.9. The lowest BCUT2D eigenvalue weighted by molar-refractivity contribution is -0.139. The van der Waals surface area contributed by atoms with E-state index >= 15 is 0 Å². The number of esters is 1. The van der Waals surface area contributed by atoms with E-state index in [9.17, 15) is 28.8 Å². The van der Waals surface area contributed by atoms with Crippen LogP contribution in [0.3, 0.4) is 0 Å². The fourth-order valence-electron chi connectivity index (χ4n) is 6.20. The zero-order valence-electron chi connectivity index (χ0n) is 37.1. The molecule has 344 valence electrons. The SMILES string of the molecule is C=C(C)C(=O)OCCC[Si](O)(OC)O[Si](O[Si](C)(C)O[Si](O)(O[Si](C)(C)O[Si](O)(O[Si](C)(C)O)c1ccccc1)c1ccccc1)(O[Si](O)(OC)c1ccccc1)c1ccccc1.